The number of nitrogens with two attached hydrogens (primary N) is 1. The Bertz CT molecular complexity index is 598. The zero-order valence-corrected chi connectivity index (χ0v) is 9.54. The molecule has 0 saturated heterocycles. The first-order valence-corrected chi connectivity index (χ1v) is 5.90. The van der Waals surface area contributed by atoms with E-state index in [-0.39, 0.29) is 12.3 Å². The normalized spacial score (nSPS) is 29.7. The van der Waals surface area contributed by atoms with Crippen LogP contribution >= 0.6 is 0 Å². The Labute approximate surface area is 100 Å². The molecule has 0 radical (unpaired) electrons. The standard InChI is InChI=1S/C15H15NO/c16-15-10-9-11-5-1-2-6-12(11)13-7-3-4-8-14(13)17-15/h1-9,14-15H,10,16H2/b11-9?,13-12-. The Morgan fingerprint density at radius 3 is 3.00 bits per heavy atom. The fourth-order valence-electron chi connectivity index (χ4n) is 2.31. The SMILES string of the molecule is NC1CC=c2cccc/c2=C2\C=CC=CC2O1. The van der Waals surface area contributed by atoms with Crippen molar-refractivity contribution in [2.24, 2.45) is 5.73 Å². The van der Waals surface area contributed by atoms with E-state index in [1.54, 1.807) is 0 Å². The number of fused-ring (bicyclic) bond motifs is 2. The van der Waals surface area contributed by atoms with Crippen LogP contribution in [0.15, 0.2) is 48.6 Å². The van der Waals surface area contributed by atoms with Crippen molar-refractivity contribution in [1.29, 1.82) is 0 Å². The lowest BCUT2D eigenvalue weighted by Crippen LogP contribution is -2.38. The summed E-state index contributed by atoms with van der Waals surface area (Å²) in [6.45, 7) is 0. The smallest absolute Gasteiger partial charge is 0.110 e. The second kappa shape index (κ2) is 4.32. The van der Waals surface area contributed by atoms with Crippen LogP contribution in [0.4, 0.5) is 0 Å². The van der Waals surface area contributed by atoms with Gasteiger partial charge in [-0.25, -0.2) is 0 Å². The Kier molecular flexibility index (Phi) is 2.67. The summed E-state index contributed by atoms with van der Waals surface area (Å²) in [6.07, 6.45) is 10.8. The first-order valence-electron chi connectivity index (χ1n) is 5.90. The molecule has 1 heterocycles. The zero-order chi connectivity index (χ0) is 11.7. The molecule has 0 saturated carbocycles. The van der Waals surface area contributed by atoms with Crippen LogP contribution in [0.3, 0.4) is 0 Å². The van der Waals surface area contributed by atoms with Crippen LogP contribution in [0.1, 0.15) is 6.42 Å². The van der Waals surface area contributed by atoms with Gasteiger partial charge in [-0.1, -0.05) is 54.6 Å². The molecule has 0 bridgehead atoms. The fourth-order valence-corrected chi connectivity index (χ4v) is 2.31. The molecule has 0 aromatic heterocycles. The van der Waals surface area contributed by atoms with Crippen molar-refractivity contribution < 1.29 is 4.74 Å². The van der Waals surface area contributed by atoms with E-state index in [9.17, 15) is 0 Å². The Balaban J connectivity index is 2.31. The third-order valence-electron chi connectivity index (χ3n) is 3.14. The molecule has 0 spiro atoms. The molecule has 2 nitrogen and oxygen atoms in total. The van der Waals surface area contributed by atoms with Crippen molar-refractivity contribution >= 4 is 11.6 Å². The van der Waals surface area contributed by atoms with Gasteiger partial charge in [0.1, 0.15) is 12.3 Å². The van der Waals surface area contributed by atoms with E-state index in [4.69, 9.17) is 10.5 Å². The van der Waals surface area contributed by atoms with Crippen LogP contribution in [0.5, 0.6) is 0 Å². The average Bonchev–Trinajstić information content (AvgIpc) is 2.36. The average molecular weight is 225 g/mol. The summed E-state index contributed by atoms with van der Waals surface area (Å²) < 4.78 is 5.82. The first-order chi connectivity index (χ1) is 8.34. The van der Waals surface area contributed by atoms with Crippen LogP contribution in [-0.4, -0.2) is 12.3 Å². The van der Waals surface area contributed by atoms with E-state index in [0.717, 1.165) is 6.42 Å². The van der Waals surface area contributed by atoms with E-state index >= 15 is 0 Å². The van der Waals surface area contributed by atoms with Gasteiger partial charge in [0, 0.05) is 6.42 Å². The lowest BCUT2D eigenvalue weighted by atomic mass is 9.99. The van der Waals surface area contributed by atoms with Gasteiger partial charge in [0.15, 0.2) is 0 Å². The molecular weight excluding hydrogens is 210 g/mol. The van der Waals surface area contributed by atoms with E-state index in [1.165, 1.54) is 16.0 Å². The van der Waals surface area contributed by atoms with Gasteiger partial charge in [-0.15, -0.1) is 0 Å². The molecule has 0 fully saturated rings. The topological polar surface area (TPSA) is 35.2 Å². The molecule has 2 N–H and O–H groups in total. The molecule has 3 rings (SSSR count). The highest BCUT2D eigenvalue weighted by molar-refractivity contribution is 5.66. The van der Waals surface area contributed by atoms with Crippen molar-refractivity contribution in [3.05, 3.63) is 59.0 Å². The lowest BCUT2D eigenvalue weighted by molar-refractivity contribution is 0.0493. The number of rotatable bonds is 0. The van der Waals surface area contributed by atoms with E-state index in [0.29, 0.717) is 0 Å². The van der Waals surface area contributed by atoms with Crippen LogP contribution < -0.4 is 16.2 Å². The van der Waals surface area contributed by atoms with Gasteiger partial charge < -0.3 is 10.5 Å². The van der Waals surface area contributed by atoms with Gasteiger partial charge >= 0.3 is 0 Å². The first kappa shape index (κ1) is 10.5. The summed E-state index contributed by atoms with van der Waals surface area (Å²) in [5, 5.41) is 2.48. The van der Waals surface area contributed by atoms with Gasteiger partial charge in [0.25, 0.3) is 0 Å². The molecule has 1 aliphatic heterocycles. The van der Waals surface area contributed by atoms with Crippen LogP contribution in [0.2, 0.25) is 0 Å². The molecule has 0 amide bonds. The quantitative estimate of drug-likeness (QED) is 0.709. The summed E-state index contributed by atoms with van der Waals surface area (Å²) >= 11 is 0. The van der Waals surface area contributed by atoms with Gasteiger partial charge in [0.2, 0.25) is 0 Å². The summed E-state index contributed by atoms with van der Waals surface area (Å²) in [5.74, 6) is 0. The molecule has 1 aliphatic carbocycles. The second-order valence-corrected chi connectivity index (χ2v) is 4.32. The summed E-state index contributed by atoms with van der Waals surface area (Å²) in [4.78, 5) is 0. The maximum atomic E-state index is 5.94. The van der Waals surface area contributed by atoms with Crippen LogP contribution in [-0.2, 0) is 4.74 Å². The molecule has 17 heavy (non-hydrogen) atoms. The number of hydrogen-bond donors (Lipinski definition) is 1. The molecule has 1 aromatic rings. The van der Waals surface area contributed by atoms with Gasteiger partial charge in [-0.05, 0) is 16.0 Å². The summed E-state index contributed by atoms with van der Waals surface area (Å²) in [5.41, 5.74) is 7.13. The Morgan fingerprint density at radius 2 is 2.06 bits per heavy atom. The summed E-state index contributed by atoms with van der Waals surface area (Å²) in [6, 6.07) is 8.38. The third-order valence-corrected chi connectivity index (χ3v) is 3.14. The minimum atomic E-state index is -0.237. The highest BCUT2D eigenvalue weighted by Crippen LogP contribution is 2.17. The van der Waals surface area contributed by atoms with Gasteiger partial charge in [0.05, 0.1) is 0 Å². The number of benzene rings is 1. The fraction of sp³-hybridized carbons (Fsp3) is 0.200. The maximum Gasteiger partial charge on any atom is 0.110 e. The highest BCUT2D eigenvalue weighted by Gasteiger charge is 2.17. The highest BCUT2D eigenvalue weighted by atomic mass is 16.5. The Morgan fingerprint density at radius 1 is 1.18 bits per heavy atom. The lowest BCUT2D eigenvalue weighted by Gasteiger charge is -2.23. The monoisotopic (exact) mass is 225 g/mol. The van der Waals surface area contributed by atoms with E-state index < -0.39 is 0 Å². The number of allylic oxidation sites excluding steroid dienone is 2. The van der Waals surface area contributed by atoms with Crippen LogP contribution in [0, 0.1) is 0 Å². The predicted molar refractivity (Wildman–Crippen MR) is 69.3 cm³/mol. The number of hydrogen-bond acceptors (Lipinski definition) is 2. The van der Waals surface area contributed by atoms with Crippen molar-refractivity contribution in [2.75, 3.05) is 0 Å². The molecule has 2 heteroatoms. The van der Waals surface area contributed by atoms with Crippen molar-refractivity contribution in [2.45, 2.75) is 18.8 Å². The maximum absolute atomic E-state index is 5.94. The molecule has 2 unspecified atom stereocenters. The van der Waals surface area contributed by atoms with Crippen molar-refractivity contribution in [3.8, 4) is 0 Å². The second-order valence-electron chi connectivity index (χ2n) is 4.32. The van der Waals surface area contributed by atoms with Crippen molar-refractivity contribution in [3.63, 3.8) is 0 Å². The van der Waals surface area contributed by atoms with Gasteiger partial charge in [-0.2, -0.15) is 0 Å². The minimum absolute atomic E-state index is 0.0233. The molecule has 1 aromatic carbocycles. The van der Waals surface area contributed by atoms with E-state index in [2.05, 4.69) is 42.5 Å². The largest absolute Gasteiger partial charge is 0.351 e. The van der Waals surface area contributed by atoms with Gasteiger partial charge in [-0.3, -0.25) is 0 Å². The van der Waals surface area contributed by atoms with Crippen molar-refractivity contribution in [1.82, 2.24) is 0 Å². The summed E-state index contributed by atoms with van der Waals surface area (Å²) in [7, 11) is 0. The Hall–Kier alpha value is -1.64. The van der Waals surface area contributed by atoms with E-state index in [1.807, 2.05) is 12.2 Å². The predicted octanol–water partition coefficient (Wildman–Crippen LogP) is 0.817. The molecule has 86 valence electrons. The molecule has 2 aliphatic rings. The molecule has 2 atom stereocenters. The zero-order valence-electron chi connectivity index (χ0n) is 9.54. The number of ether oxygens (including phenoxy) is 1. The minimum Gasteiger partial charge on any atom is -0.351 e. The third kappa shape index (κ3) is 1.97. The van der Waals surface area contributed by atoms with Crippen LogP contribution in [0.25, 0.3) is 11.6 Å². The molecular formula is C15H15NO.